The van der Waals surface area contributed by atoms with Gasteiger partial charge in [0.05, 0.1) is 0 Å². The van der Waals surface area contributed by atoms with Gasteiger partial charge in [0, 0.05) is 19.3 Å². The van der Waals surface area contributed by atoms with Crippen LogP contribution in [-0.2, 0) is 28.6 Å². The van der Waals surface area contributed by atoms with Crippen LogP contribution in [-0.4, -0.2) is 37.2 Å². The van der Waals surface area contributed by atoms with Gasteiger partial charge in [0.15, 0.2) is 6.10 Å². The number of hydrogen-bond donors (Lipinski definition) is 0. The van der Waals surface area contributed by atoms with Crippen LogP contribution in [0.4, 0.5) is 0 Å². The monoisotopic (exact) mass is 907 g/mol. The first kappa shape index (κ1) is 61.9. The summed E-state index contributed by atoms with van der Waals surface area (Å²) < 4.78 is 16.6. The second-order valence-corrected chi connectivity index (χ2v) is 18.1. The quantitative estimate of drug-likeness (QED) is 0.0262. The Morgan fingerprint density at radius 3 is 0.908 bits per heavy atom. The average Bonchev–Trinajstić information content (AvgIpc) is 3.30. The predicted octanol–water partition coefficient (Wildman–Crippen LogP) is 18.2. The van der Waals surface area contributed by atoms with E-state index in [4.69, 9.17) is 14.2 Å². The molecule has 0 amide bonds. The molecule has 0 bridgehead atoms. The Morgan fingerprint density at radius 1 is 0.323 bits per heavy atom. The second-order valence-electron chi connectivity index (χ2n) is 18.1. The van der Waals surface area contributed by atoms with E-state index in [2.05, 4.69) is 81.5 Å². The molecule has 1 atom stereocenters. The van der Waals surface area contributed by atoms with E-state index >= 15 is 0 Å². The Morgan fingerprint density at radius 2 is 0.600 bits per heavy atom. The van der Waals surface area contributed by atoms with Crippen molar-refractivity contribution in [1.29, 1.82) is 0 Å². The second kappa shape index (κ2) is 53.5. The number of esters is 3. The van der Waals surface area contributed by atoms with Crippen molar-refractivity contribution in [3.05, 3.63) is 72.9 Å². The molecule has 0 aliphatic heterocycles. The van der Waals surface area contributed by atoms with E-state index in [1.54, 1.807) is 0 Å². The number of ether oxygens (including phenoxy) is 3. The number of hydrogen-bond acceptors (Lipinski definition) is 6. The zero-order valence-electron chi connectivity index (χ0n) is 42.7. The molecule has 0 aliphatic rings. The minimum absolute atomic E-state index is 0.104. The maximum atomic E-state index is 12.7. The van der Waals surface area contributed by atoms with Gasteiger partial charge >= 0.3 is 17.9 Å². The molecule has 0 saturated carbocycles. The van der Waals surface area contributed by atoms with Crippen LogP contribution in [0.1, 0.15) is 265 Å². The molecule has 0 radical (unpaired) electrons. The molecule has 1 unspecified atom stereocenters. The first-order chi connectivity index (χ1) is 32.0. The van der Waals surface area contributed by atoms with Crippen LogP contribution in [0.25, 0.3) is 0 Å². The number of unbranched alkanes of at least 4 members (excludes halogenated alkanes) is 26. The maximum Gasteiger partial charge on any atom is 0.306 e. The third-order valence-corrected chi connectivity index (χ3v) is 11.7. The van der Waals surface area contributed by atoms with Gasteiger partial charge in [-0.2, -0.15) is 0 Å². The average molecular weight is 907 g/mol. The summed E-state index contributed by atoms with van der Waals surface area (Å²) in [6, 6.07) is 0. The van der Waals surface area contributed by atoms with Gasteiger partial charge in [-0.3, -0.25) is 14.4 Å². The van der Waals surface area contributed by atoms with Crippen molar-refractivity contribution >= 4 is 17.9 Å². The van der Waals surface area contributed by atoms with Crippen molar-refractivity contribution in [1.82, 2.24) is 0 Å². The summed E-state index contributed by atoms with van der Waals surface area (Å²) in [4.78, 5) is 37.7. The fourth-order valence-electron chi connectivity index (χ4n) is 7.65. The highest BCUT2D eigenvalue weighted by Crippen LogP contribution is 2.16. The summed E-state index contributed by atoms with van der Waals surface area (Å²) in [5.74, 6) is -0.998. The van der Waals surface area contributed by atoms with Crippen LogP contribution in [0.2, 0.25) is 0 Å². The minimum atomic E-state index is -0.810. The highest BCUT2D eigenvalue weighted by Gasteiger charge is 2.19. The van der Waals surface area contributed by atoms with Crippen molar-refractivity contribution in [2.75, 3.05) is 13.2 Å². The van der Waals surface area contributed by atoms with E-state index < -0.39 is 12.1 Å². The summed E-state index contributed by atoms with van der Waals surface area (Å²) >= 11 is 0. The van der Waals surface area contributed by atoms with Crippen LogP contribution in [0.3, 0.4) is 0 Å². The molecular formula is C59H102O6. The molecule has 6 nitrogen and oxygen atoms in total. The topological polar surface area (TPSA) is 78.9 Å². The molecule has 6 heteroatoms. The number of allylic oxidation sites excluding steroid dienone is 12. The standard InChI is InChI=1S/C59H102O6/c1-4-7-10-13-15-17-19-21-23-25-27-28-29-30-32-33-35-37-39-41-43-46-49-52-58(61)64-55-56(54-63-57(60)51-48-45-12-9-6-3)65-59(62)53-50-47-44-42-40-38-36-34-31-26-24-22-20-18-16-14-11-8-5-2/h8,11,16,18,22,24,31,34,38,40,44,47,56H,4-7,9-10,12-15,17,19-21,23,25-30,32-33,35-37,39,41-43,45-46,48-55H2,1-3H3/b11-8-,18-16-,24-22-,34-31-,40-38-,47-44-. The zero-order chi connectivity index (χ0) is 47.2. The SMILES string of the molecule is CC/C=C\C/C=C\C/C=C\C/C=C\C/C=C\C/C=C\CCC(=O)OC(COC(=O)CCCCCCC)COC(=O)CCCCCCCCCCCCCCCCCCCCCCCCC. The minimum Gasteiger partial charge on any atom is -0.462 e. The summed E-state index contributed by atoms with van der Waals surface area (Å²) in [5, 5.41) is 0. The lowest BCUT2D eigenvalue weighted by atomic mass is 10.0. The lowest BCUT2D eigenvalue weighted by Gasteiger charge is -2.18. The number of carbonyl (C=O) groups excluding carboxylic acids is 3. The van der Waals surface area contributed by atoms with Gasteiger partial charge in [-0.1, -0.05) is 261 Å². The summed E-state index contributed by atoms with van der Waals surface area (Å²) in [5.41, 5.74) is 0. The van der Waals surface area contributed by atoms with Gasteiger partial charge in [0.2, 0.25) is 0 Å². The molecule has 0 aromatic carbocycles. The van der Waals surface area contributed by atoms with Crippen LogP contribution in [0.15, 0.2) is 72.9 Å². The van der Waals surface area contributed by atoms with Gasteiger partial charge in [0.1, 0.15) is 13.2 Å². The molecule has 0 spiro atoms. The Balaban J connectivity index is 4.18. The fourth-order valence-corrected chi connectivity index (χ4v) is 7.65. The first-order valence-corrected chi connectivity index (χ1v) is 27.4. The maximum absolute atomic E-state index is 12.7. The van der Waals surface area contributed by atoms with Crippen molar-refractivity contribution in [2.45, 2.75) is 271 Å². The number of rotatable bonds is 49. The Bertz CT molecular complexity index is 1230. The molecule has 0 aliphatic carbocycles. The van der Waals surface area contributed by atoms with Gasteiger partial charge in [-0.05, 0) is 57.8 Å². The largest absolute Gasteiger partial charge is 0.462 e. The van der Waals surface area contributed by atoms with Gasteiger partial charge in [0.25, 0.3) is 0 Å². The van der Waals surface area contributed by atoms with Gasteiger partial charge < -0.3 is 14.2 Å². The smallest absolute Gasteiger partial charge is 0.306 e. The van der Waals surface area contributed by atoms with Crippen LogP contribution >= 0.6 is 0 Å². The Hall–Kier alpha value is -3.15. The predicted molar refractivity (Wildman–Crippen MR) is 279 cm³/mol. The molecule has 0 heterocycles. The molecule has 0 aromatic rings. The molecule has 0 aromatic heterocycles. The first-order valence-electron chi connectivity index (χ1n) is 27.4. The van der Waals surface area contributed by atoms with Crippen molar-refractivity contribution in [3.63, 3.8) is 0 Å². The van der Waals surface area contributed by atoms with Crippen LogP contribution in [0, 0.1) is 0 Å². The normalized spacial score (nSPS) is 12.6. The van der Waals surface area contributed by atoms with Crippen molar-refractivity contribution in [3.8, 4) is 0 Å². The number of carbonyl (C=O) groups is 3. The molecule has 0 rings (SSSR count). The third kappa shape index (κ3) is 51.7. The molecular weight excluding hydrogens is 805 g/mol. The lowest BCUT2D eigenvalue weighted by molar-refractivity contribution is -0.166. The van der Waals surface area contributed by atoms with E-state index in [1.165, 1.54) is 128 Å². The van der Waals surface area contributed by atoms with Crippen molar-refractivity contribution < 1.29 is 28.6 Å². The highest BCUT2D eigenvalue weighted by molar-refractivity contribution is 5.71. The molecule has 0 N–H and O–H groups in total. The van der Waals surface area contributed by atoms with Crippen molar-refractivity contribution in [2.24, 2.45) is 0 Å². The van der Waals surface area contributed by atoms with Gasteiger partial charge in [-0.25, -0.2) is 0 Å². The lowest BCUT2D eigenvalue weighted by Crippen LogP contribution is -2.30. The molecule has 0 saturated heterocycles. The summed E-state index contributed by atoms with van der Waals surface area (Å²) in [6.07, 6.45) is 68.1. The van der Waals surface area contributed by atoms with E-state index in [0.717, 1.165) is 89.9 Å². The summed E-state index contributed by atoms with van der Waals surface area (Å²) in [6.45, 7) is 6.39. The molecule has 0 fully saturated rings. The Kier molecular flexibility index (Phi) is 50.9. The molecule has 65 heavy (non-hydrogen) atoms. The molecule has 374 valence electrons. The van der Waals surface area contributed by atoms with E-state index in [1.807, 2.05) is 12.2 Å². The third-order valence-electron chi connectivity index (χ3n) is 11.7. The summed E-state index contributed by atoms with van der Waals surface area (Å²) in [7, 11) is 0. The van der Waals surface area contributed by atoms with Gasteiger partial charge in [-0.15, -0.1) is 0 Å². The fraction of sp³-hybridized carbons (Fsp3) is 0.746. The Labute approximate surface area is 402 Å². The zero-order valence-corrected chi connectivity index (χ0v) is 42.7. The van der Waals surface area contributed by atoms with E-state index in [-0.39, 0.29) is 31.6 Å². The highest BCUT2D eigenvalue weighted by atomic mass is 16.6. The van der Waals surface area contributed by atoms with E-state index in [0.29, 0.717) is 19.3 Å². The van der Waals surface area contributed by atoms with Crippen LogP contribution in [0.5, 0.6) is 0 Å². The van der Waals surface area contributed by atoms with Crippen LogP contribution < -0.4 is 0 Å². The van der Waals surface area contributed by atoms with E-state index in [9.17, 15) is 14.4 Å².